The van der Waals surface area contributed by atoms with E-state index in [-0.39, 0.29) is 6.04 Å². The maximum Gasteiger partial charge on any atom is 0.0951 e. The molecule has 0 bridgehead atoms. The predicted octanol–water partition coefficient (Wildman–Crippen LogP) is 3.84. The van der Waals surface area contributed by atoms with E-state index in [1.807, 2.05) is 10.6 Å². The molecule has 0 aliphatic carbocycles. The average molecular weight is 298 g/mol. The molecule has 5 heteroatoms. The van der Waals surface area contributed by atoms with E-state index in [2.05, 4.69) is 18.8 Å². The summed E-state index contributed by atoms with van der Waals surface area (Å²) >= 11 is 12.3. The van der Waals surface area contributed by atoms with Gasteiger partial charge in [-0.3, -0.25) is 0 Å². The summed E-state index contributed by atoms with van der Waals surface area (Å²) in [5.74, 6) is 0.407. The lowest BCUT2D eigenvalue weighted by atomic mass is 10.1. The minimum absolute atomic E-state index is 0.0749. The fourth-order valence-electron chi connectivity index (χ4n) is 1.82. The first-order valence-corrected chi connectivity index (χ1v) is 6.95. The monoisotopic (exact) mass is 297 g/mol. The molecule has 1 aromatic carbocycles. The number of nitrogens with two attached hydrogens (primary N) is 1. The van der Waals surface area contributed by atoms with Gasteiger partial charge in [-0.05, 0) is 24.1 Å². The van der Waals surface area contributed by atoms with Crippen molar-refractivity contribution in [2.75, 3.05) is 0 Å². The molecule has 2 aromatic rings. The van der Waals surface area contributed by atoms with Crippen molar-refractivity contribution in [3.05, 3.63) is 40.8 Å². The first-order chi connectivity index (χ1) is 8.99. The van der Waals surface area contributed by atoms with Gasteiger partial charge in [0, 0.05) is 23.2 Å². The third kappa shape index (κ3) is 3.30. The molecular weight excluding hydrogens is 281 g/mol. The van der Waals surface area contributed by atoms with Crippen LogP contribution in [-0.2, 0) is 6.54 Å². The van der Waals surface area contributed by atoms with Crippen molar-refractivity contribution in [3.8, 4) is 11.3 Å². The summed E-state index contributed by atoms with van der Waals surface area (Å²) in [6.07, 6.45) is 3.55. The minimum atomic E-state index is 0.0749. The molecule has 0 aliphatic heterocycles. The molecule has 1 unspecified atom stereocenters. The SMILES string of the molecule is CC(C)C(N)Cn1cncc1-c1cc(Cl)ccc1Cl. The zero-order chi connectivity index (χ0) is 14.0. The average Bonchev–Trinajstić information content (AvgIpc) is 2.80. The van der Waals surface area contributed by atoms with Gasteiger partial charge in [-0.2, -0.15) is 0 Å². The van der Waals surface area contributed by atoms with Crippen molar-refractivity contribution < 1.29 is 0 Å². The van der Waals surface area contributed by atoms with Crippen molar-refractivity contribution in [1.29, 1.82) is 0 Å². The lowest BCUT2D eigenvalue weighted by Gasteiger charge is -2.18. The number of rotatable bonds is 4. The van der Waals surface area contributed by atoms with E-state index in [0.29, 0.717) is 22.5 Å². The van der Waals surface area contributed by atoms with Crippen molar-refractivity contribution in [2.24, 2.45) is 11.7 Å². The van der Waals surface area contributed by atoms with Crippen LogP contribution in [0.25, 0.3) is 11.3 Å². The number of benzene rings is 1. The Labute approximate surface area is 123 Å². The predicted molar refractivity (Wildman–Crippen MR) is 80.5 cm³/mol. The molecule has 0 aliphatic rings. The third-order valence-corrected chi connectivity index (χ3v) is 3.75. The summed E-state index contributed by atoms with van der Waals surface area (Å²) in [6.45, 7) is 4.91. The van der Waals surface area contributed by atoms with E-state index >= 15 is 0 Å². The second kappa shape index (κ2) is 5.95. The van der Waals surface area contributed by atoms with Crippen LogP contribution in [0.4, 0.5) is 0 Å². The molecule has 0 fully saturated rings. The van der Waals surface area contributed by atoms with Crippen LogP contribution in [0, 0.1) is 5.92 Å². The van der Waals surface area contributed by atoms with Crippen LogP contribution in [-0.4, -0.2) is 15.6 Å². The van der Waals surface area contributed by atoms with Crippen LogP contribution in [0.3, 0.4) is 0 Å². The van der Waals surface area contributed by atoms with E-state index < -0.39 is 0 Å². The summed E-state index contributed by atoms with van der Waals surface area (Å²) in [6, 6.07) is 5.48. The molecule has 3 nitrogen and oxygen atoms in total. The Kier molecular flexibility index (Phi) is 4.50. The van der Waals surface area contributed by atoms with Gasteiger partial charge in [0.1, 0.15) is 0 Å². The molecule has 0 saturated carbocycles. The van der Waals surface area contributed by atoms with Gasteiger partial charge >= 0.3 is 0 Å². The summed E-state index contributed by atoms with van der Waals surface area (Å²) < 4.78 is 2.02. The standard InChI is InChI=1S/C14H17Cl2N3/c1-9(2)13(17)7-19-8-18-6-14(19)11-5-10(15)3-4-12(11)16/h3-6,8-9,13H,7,17H2,1-2H3. The Balaban J connectivity index is 2.36. The van der Waals surface area contributed by atoms with Crippen molar-refractivity contribution in [1.82, 2.24) is 9.55 Å². The van der Waals surface area contributed by atoms with E-state index in [4.69, 9.17) is 28.9 Å². The smallest absolute Gasteiger partial charge is 0.0951 e. The van der Waals surface area contributed by atoms with Crippen LogP contribution >= 0.6 is 23.2 Å². The van der Waals surface area contributed by atoms with Crippen molar-refractivity contribution >= 4 is 23.2 Å². The van der Waals surface area contributed by atoms with Gasteiger partial charge < -0.3 is 10.3 Å². The van der Waals surface area contributed by atoms with Crippen LogP contribution in [0.5, 0.6) is 0 Å². The highest BCUT2D eigenvalue weighted by Gasteiger charge is 2.14. The van der Waals surface area contributed by atoms with Gasteiger partial charge in [0.15, 0.2) is 0 Å². The Morgan fingerprint density at radius 2 is 2.05 bits per heavy atom. The Morgan fingerprint density at radius 3 is 2.74 bits per heavy atom. The molecule has 2 rings (SSSR count). The Bertz CT molecular complexity index is 564. The maximum atomic E-state index is 6.23. The summed E-state index contributed by atoms with van der Waals surface area (Å²) in [7, 11) is 0. The fraction of sp³-hybridized carbons (Fsp3) is 0.357. The zero-order valence-electron chi connectivity index (χ0n) is 11.0. The molecule has 102 valence electrons. The number of halogens is 2. The Hall–Kier alpha value is -1.03. The van der Waals surface area contributed by atoms with Crippen LogP contribution in [0.1, 0.15) is 13.8 Å². The summed E-state index contributed by atoms with van der Waals surface area (Å²) in [5, 5.41) is 1.31. The molecule has 1 aromatic heterocycles. The summed E-state index contributed by atoms with van der Waals surface area (Å²) in [4.78, 5) is 4.19. The lowest BCUT2D eigenvalue weighted by Crippen LogP contribution is -2.31. The molecule has 19 heavy (non-hydrogen) atoms. The van der Waals surface area contributed by atoms with Gasteiger partial charge in [-0.15, -0.1) is 0 Å². The van der Waals surface area contributed by atoms with E-state index in [9.17, 15) is 0 Å². The molecular formula is C14H17Cl2N3. The first-order valence-electron chi connectivity index (χ1n) is 6.20. The molecule has 0 radical (unpaired) electrons. The molecule has 2 N–H and O–H groups in total. The quantitative estimate of drug-likeness (QED) is 0.932. The van der Waals surface area contributed by atoms with Crippen LogP contribution < -0.4 is 5.73 Å². The molecule has 1 heterocycles. The second-order valence-corrected chi connectivity index (χ2v) is 5.81. The highest BCUT2D eigenvalue weighted by Crippen LogP contribution is 2.30. The maximum absolute atomic E-state index is 6.23. The summed E-state index contributed by atoms with van der Waals surface area (Å²) in [5.41, 5.74) is 7.93. The number of hydrogen-bond donors (Lipinski definition) is 1. The Morgan fingerprint density at radius 1 is 1.32 bits per heavy atom. The second-order valence-electron chi connectivity index (χ2n) is 4.96. The van der Waals surface area contributed by atoms with Crippen molar-refractivity contribution in [3.63, 3.8) is 0 Å². The topological polar surface area (TPSA) is 43.8 Å². The number of hydrogen-bond acceptors (Lipinski definition) is 2. The van der Waals surface area contributed by atoms with Crippen LogP contribution in [0.2, 0.25) is 10.0 Å². The molecule has 1 atom stereocenters. The zero-order valence-corrected chi connectivity index (χ0v) is 12.5. The minimum Gasteiger partial charge on any atom is -0.329 e. The highest BCUT2D eigenvalue weighted by molar-refractivity contribution is 6.35. The molecule has 0 spiro atoms. The number of imidazole rings is 1. The highest BCUT2D eigenvalue weighted by atomic mass is 35.5. The van der Waals surface area contributed by atoms with Crippen molar-refractivity contribution in [2.45, 2.75) is 26.4 Å². The third-order valence-electron chi connectivity index (χ3n) is 3.18. The van der Waals surface area contributed by atoms with E-state index in [1.54, 1.807) is 24.7 Å². The first kappa shape index (κ1) is 14.4. The lowest BCUT2D eigenvalue weighted by molar-refractivity contribution is 0.435. The van der Waals surface area contributed by atoms with Gasteiger partial charge in [0.05, 0.1) is 23.2 Å². The van der Waals surface area contributed by atoms with E-state index in [1.165, 1.54) is 0 Å². The van der Waals surface area contributed by atoms with Gasteiger partial charge in [0.25, 0.3) is 0 Å². The normalized spacial score (nSPS) is 12.9. The fourth-order valence-corrected chi connectivity index (χ4v) is 2.21. The van der Waals surface area contributed by atoms with Gasteiger partial charge in [-0.1, -0.05) is 37.0 Å². The van der Waals surface area contributed by atoms with Crippen LogP contribution in [0.15, 0.2) is 30.7 Å². The largest absolute Gasteiger partial charge is 0.329 e. The molecule has 0 amide bonds. The number of nitrogens with zero attached hydrogens (tertiary/aromatic N) is 2. The van der Waals surface area contributed by atoms with E-state index in [0.717, 1.165) is 11.3 Å². The van der Waals surface area contributed by atoms with Gasteiger partial charge in [-0.25, -0.2) is 4.98 Å². The molecule has 0 saturated heterocycles. The van der Waals surface area contributed by atoms with Gasteiger partial charge in [0.2, 0.25) is 0 Å². The number of aromatic nitrogens is 2.